The number of nitrogens with zero attached hydrogens (tertiary/aromatic N) is 4. The zero-order valence-electron chi connectivity index (χ0n) is 11.3. The Labute approximate surface area is 136 Å². The predicted octanol–water partition coefficient (Wildman–Crippen LogP) is 0.760. The Bertz CT molecular complexity index is 342. The van der Waals surface area contributed by atoms with Gasteiger partial charge in [0.2, 0.25) is 0 Å². The van der Waals surface area contributed by atoms with Crippen LogP contribution in [0.5, 0.6) is 0 Å². The van der Waals surface area contributed by atoms with Gasteiger partial charge < -0.3 is 25.3 Å². The zero-order chi connectivity index (χ0) is 14.0. The Kier molecular flexibility index (Phi) is 13.3. The van der Waals surface area contributed by atoms with Crippen molar-refractivity contribution in [1.82, 2.24) is 10.9 Å². The number of hydrogen-bond acceptors (Lipinski definition) is 6. The molecule has 6 nitrogen and oxygen atoms in total. The monoisotopic (exact) mass is 349 g/mol. The molecule has 0 fully saturated rings. The summed E-state index contributed by atoms with van der Waals surface area (Å²) in [5.41, 5.74) is 6.98. The van der Waals surface area contributed by atoms with Gasteiger partial charge >= 0.3 is 17.1 Å². The van der Waals surface area contributed by atoms with Gasteiger partial charge in [0.15, 0.2) is 0 Å². The standard InChI is InChI=1S/C10H20N6S2.Cu/c1-5-7(13-15-9(17)11-3)8(6-2)14-16-10(18)12-4;/h5-6H2,1-4H3,(H2,11,15,17)(H2,12,16,18);/q;+2/p-2/b13-7+,14-8+;. The van der Waals surface area contributed by atoms with Gasteiger partial charge in [-0.25, -0.2) is 0 Å². The van der Waals surface area contributed by atoms with Crippen LogP contribution in [0.15, 0.2) is 20.2 Å². The second-order valence-electron chi connectivity index (χ2n) is 3.11. The number of amidine groups is 2. The molecule has 0 aliphatic carbocycles. The first kappa shape index (κ1) is 20.6. The first-order valence-corrected chi connectivity index (χ1v) is 6.33. The van der Waals surface area contributed by atoms with Crippen LogP contribution >= 0.6 is 0 Å². The van der Waals surface area contributed by atoms with Crippen molar-refractivity contribution in [2.24, 2.45) is 20.2 Å². The number of hydrazone groups is 2. The molecule has 0 unspecified atom stereocenters. The van der Waals surface area contributed by atoms with Crippen molar-refractivity contribution in [2.45, 2.75) is 26.7 Å². The Hall–Kier alpha value is -0.761. The second-order valence-corrected chi connectivity index (χ2v) is 3.88. The summed E-state index contributed by atoms with van der Waals surface area (Å²) < 4.78 is 0. The third-order valence-corrected chi connectivity index (χ3v) is 2.53. The van der Waals surface area contributed by atoms with Gasteiger partial charge in [0.05, 0.1) is 11.4 Å². The largest absolute Gasteiger partial charge is 2.00 e. The van der Waals surface area contributed by atoms with E-state index in [0.29, 0.717) is 10.3 Å². The molecule has 0 rings (SSSR count). The summed E-state index contributed by atoms with van der Waals surface area (Å²) in [7, 11) is 3.21. The van der Waals surface area contributed by atoms with Crippen LogP contribution in [0.1, 0.15) is 26.7 Å². The predicted molar refractivity (Wildman–Crippen MR) is 83.2 cm³/mol. The molecule has 0 atom stereocenters. The van der Waals surface area contributed by atoms with Crippen LogP contribution in [-0.2, 0) is 42.3 Å². The first-order valence-electron chi connectivity index (χ1n) is 5.52. The number of hydrogen-bond donors (Lipinski definition) is 2. The van der Waals surface area contributed by atoms with Crippen LogP contribution < -0.4 is 10.9 Å². The number of rotatable bonds is 5. The third kappa shape index (κ3) is 8.88. The van der Waals surface area contributed by atoms with Crippen LogP contribution in [0.4, 0.5) is 0 Å². The van der Waals surface area contributed by atoms with Crippen molar-refractivity contribution >= 4 is 47.0 Å². The van der Waals surface area contributed by atoms with Crippen molar-refractivity contribution < 1.29 is 17.1 Å². The molecule has 0 aliphatic rings. The molecule has 19 heavy (non-hydrogen) atoms. The molecule has 0 saturated carbocycles. The van der Waals surface area contributed by atoms with E-state index in [1.54, 1.807) is 14.1 Å². The van der Waals surface area contributed by atoms with E-state index < -0.39 is 0 Å². The van der Waals surface area contributed by atoms with E-state index in [9.17, 15) is 0 Å². The molecule has 0 aromatic heterocycles. The molecular weight excluding hydrogens is 332 g/mol. The fraction of sp³-hybridized carbons (Fsp3) is 0.600. The van der Waals surface area contributed by atoms with Crippen LogP contribution in [-0.4, -0.2) is 35.9 Å². The van der Waals surface area contributed by atoms with Gasteiger partial charge in [0.25, 0.3) is 0 Å². The summed E-state index contributed by atoms with van der Waals surface area (Å²) in [4.78, 5) is 7.58. The van der Waals surface area contributed by atoms with E-state index in [2.05, 4.69) is 31.0 Å². The van der Waals surface area contributed by atoms with Crippen molar-refractivity contribution in [3.8, 4) is 0 Å². The summed E-state index contributed by atoms with van der Waals surface area (Å²) in [6.45, 7) is 3.97. The minimum absolute atomic E-state index is 0. The summed E-state index contributed by atoms with van der Waals surface area (Å²) in [5, 5.41) is 9.02. The average molecular weight is 350 g/mol. The van der Waals surface area contributed by atoms with Crippen molar-refractivity contribution in [1.29, 1.82) is 0 Å². The maximum Gasteiger partial charge on any atom is 2.00 e. The quantitative estimate of drug-likeness (QED) is 0.253. The van der Waals surface area contributed by atoms with Crippen LogP contribution in [0.3, 0.4) is 0 Å². The molecule has 0 bridgehead atoms. The topological polar surface area (TPSA) is 73.5 Å². The maximum absolute atomic E-state index is 4.89. The van der Waals surface area contributed by atoms with Crippen LogP contribution in [0.25, 0.3) is 0 Å². The Balaban J connectivity index is 0. The van der Waals surface area contributed by atoms with Gasteiger partial charge in [0, 0.05) is 14.1 Å². The van der Waals surface area contributed by atoms with Crippen molar-refractivity contribution in [3.05, 3.63) is 0 Å². The first-order chi connectivity index (χ1) is 8.58. The van der Waals surface area contributed by atoms with Crippen molar-refractivity contribution in [3.63, 3.8) is 0 Å². The normalized spacial score (nSPS) is 13.9. The number of aliphatic imine (C=N–C) groups is 2. The molecule has 0 aromatic rings. The molecule has 2 N–H and O–H groups in total. The van der Waals surface area contributed by atoms with Crippen molar-refractivity contribution in [2.75, 3.05) is 14.1 Å². The second kappa shape index (κ2) is 12.3. The fourth-order valence-corrected chi connectivity index (χ4v) is 1.12. The van der Waals surface area contributed by atoms with Gasteiger partial charge in [-0.3, -0.25) is 20.8 Å². The average Bonchev–Trinajstić information content (AvgIpc) is 2.41. The zero-order valence-corrected chi connectivity index (χ0v) is 13.9. The minimum Gasteiger partial charge on any atom is -0.741 e. The third-order valence-electron chi connectivity index (χ3n) is 1.98. The van der Waals surface area contributed by atoms with Crippen LogP contribution in [0.2, 0.25) is 0 Å². The van der Waals surface area contributed by atoms with E-state index in [1.165, 1.54) is 0 Å². The summed E-state index contributed by atoms with van der Waals surface area (Å²) in [6, 6.07) is 0. The molecule has 0 heterocycles. The Morgan fingerprint density at radius 3 is 1.37 bits per heavy atom. The number of nitrogens with one attached hydrogen (secondary N) is 2. The molecule has 0 aromatic carbocycles. The Morgan fingerprint density at radius 2 is 1.16 bits per heavy atom. The summed E-state index contributed by atoms with van der Waals surface area (Å²) in [6.07, 6.45) is 1.45. The van der Waals surface area contributed by atoms with Gasteiger partial charge in [0.1, 0.15) is 0 Å². The van der Waals surface area contributed by atoms with E-state index in [-0.39, 0.29) is 17.1 Å². The van der Waals surface area contributed by atoms with E-state index >= 15 is 0 Å². The molecule has 111 valence electrons. The molecule has 0 amide bonds. The molecule has 9 heteroatoms. The maximum atomic E-state index is 4.89. The van der Waals surface area contributed by atoms with Gasteiger partial charge in [-0.1, -0.05) is 13.8 Å². The van der Waals surface area contributed by atoms with E-state index in [4.69, 9.17) is 25.3 Å². The smallest absolute Gasteiger partial charge is 0.741 e. The van der Waals surface area contributed by atoms with Gasteiger partial charge in [-0.15, -0.1) is 0 Å². The molecule has 0 aliphatic heterocycles. The van der Waals surface area contributed by atoms with Gasteiger partial charge in [-0.05, 0) is 23.2 Å². The van der Waals surface area contributed by atoms with Gasteiger partial charge in [-0.2, -0.15) is 10.2 Å². The molecule has 1 radical (unpaired) electrons. The fourth-order valence-electron chi connectivity index (χ4n) is 1.03. The molecule has 0 saturated heterocycles. The Morgan fingerprint density at radius 1 is 0.842 bits per heavy atom. The summed E-state index contributed by atoms with van der Waals surface area (Å²) >= 11 is 9.79. The summed E-state index contributed by atoms with van der Waals surface area (Å²) in [5.74, 6) is 0. The van der Waals surface area contributed by atoms with E-state index in [0.717, 1.165) is 24.3 Å². The molecular formula is C10H18CuN6S2. The SMILES string of the molecule is CCC(=N\NC([S-])=NC)/C(CC)=N/NC([S-])=NC.[Cu+2]. The minimum atomic E-state index is 0. The molecule has 0 spiro atoms. The van der Waals surface area contributed by atoms with Crippen LogP contribution in [0, 0.1) is 0 Å². The van der Waals surface area contributed by atoms with E-state index in [1.807, 2.05) is 13.8 Å².